The van der Waals surface area contributed by atoms with Crippen molar-refractivity contribution in [1.82, 2.24) is 10.6 Å². The predicted octanol–water partition coefficient (Wildman–Crippen LogP) is -0.0801. The molecule has 0 aliphatic carbocycles. The van der Waals surface area contributed by atoms with Crippen LogP contribution in [0.25, 0.3) is 0 Å². The van der Waals surface area contributed by atoms with Gasteiger partial charge in [0.2, 0.25) is 11.8 Å². The molecule has 7 N–H and O–H groups in total. The van der Waals surface area contributed by atoms with Gasteiger partial charge in [-0.05, 0) is 25.2 Å². The quantitative estimate of drug-likeness (QED) is 0.166. The highest BCUT2D eigenvalue weighted by atomic mass is 16.4. The average molecular weight is 510 g/mol. The number of Topliss-reactive ketones (excluding diaryl/α,β-unsaturated/α-hetero) is 2. The number of nitrogens with two attached hydrogens (primary N) is 2. The molecule has 36 heavy (non-hydrogen) atoms. The summed E-state index contributed by atoms with van der Waals surface area (Å²) in [7, 11) is 0. The van der Waals surface area contributed by atoms with Crippen LogP contribution in [0, 0.1) is 23.7 Å². The number of primary amides is 1. The molecule has 202 valence electrons. The van der Waals surface area contributed by atoms with Crippen molar-refractivity contribution in [2.24, 2.45) is 40.1 Å². The summed E-state index contributed by atoms with van der Waals surface area (Å²) in [6.07, 6.45) is 0.495. The topological polar surface area (TPSA) is 211 Å². The van der Waals surface area contributed by atoms with Crippen LogP contribution in [-0.2, 0) is 28.8 Å². The van der Waals surface area contributed by atoms with Crippen molar-refractivity contribution in [2.75, 3.05) is 6.54 Å². The lowest BCUT2D eigenvalue weighted by Gasteiger charge is -2.31. The Morgan fingerprint density at radius 2 is 1.83 bits per heavy atom. The first kappa shape index (κ1) is 30.7. The molecule has 1 aliphatic rings. The van der Waals surface area contributed by atoms with Gasteiger partial charge in [-0.3, -0.25) is 29.0 Å². The molecular weight excluding hydrogens is 470 g/mol. The Hall–Kier alpha value is -3.31. The third-order valence-electron chi connectivity index (χ3n) is 6.04. The van der Waals surface area contributed by atoms with Crippen LogP contribution in [0.3, 0.4) is 0 Å². The Kier molecular flexibility index (Phi) is 12.8. The van der Waals surface area contributed by atoms with Gasteiger partial charge < -0.3 is 32.0 Å². The normalized spacial score (nSPS) is 18.7. The highest BCUT2D eigenvalue weighted by molar-refractivity contribution is 5.94. The van der Waals surface area contributed by atoms with Crippen LogP contribution in [-0.4, -0.2) is 65.3 Å². The second-order valence-corrected chi connectivity index (χ2v) is 9.87. The SMILES string of the molecule is CC(C)C[C@H](CC(=O)C[C@H](C(=O)N[C@@H](CCC(N)=O)C(=O)C[C@@H](C)C=O)[C@@H]1CCN=C(N)N1)C(=O)O. The number of aliphatic carboxylic acids is 1. The fourth-order valence-corrected chi connectivity index (χ4v) is 4.18. The van der Waals surface area contributed by atoms with Crippen molar-refractivity contribution in [3.05, 3.63) is 0 Å². The number of ketones is 2. The Labute approximate surface area is 211 Å². The van der Waals surface area contributed by atoms with Gasteiger partial charge in [0.1, 0.15) is 12.1 Å². The fraction of sp³-hybridized carbons (Fsp3) is 0.708. The second kappa shape index (κ2) is 14.9. The highest BCUT2D eigenvalue weighted by Gasteiger charge is 2.35. The monoisotopic (exact) mass is 509 g/mol. The van der Waals surface area contributed by atoms with Crippen molar-refractivity contribution >= 4 is 41.6 Å². The Balaban J connectivity index is 3.10. The molecule has 12 nitrogen and oxygen atoms in total. The zero-order valence-corrected chi connectivity index (χ0v) is 21.2. The number of carbonyl (C=O) groups is 6. The third-order valence-corrected chi connectivity index (χ3v) is 6.04. The third kappa shape index (κ3) is 11.0. The zero-order valence-electron chi connectivity index (χ0n) is 21.2. The first-order valence-corrected chi connectivity index (χ1v) is 12.2. The Morgan fingerprint density at radius 3 is 2.36 bits per heavy atom. The van der Waals surface area contributed by atoms with Crippen LogP contribution in [0.1, 0.15) is 65.7 Å². The van der Waals surface area contributed by atoms with E-state index in [1.54, 1.807) is 6.92 Å². The molecule has 5 atom stereocenters. The number of carbonyl (C=O) groups excluding carboxylic acids is 5. The van der Waals surface area contributed by atoms with Crippen LogP contribution >= 0.6 is 0 Å². The maximum atomic E-state index is 13.4. The van der Waals surface area contributed by atoms with Crippen LogP contribution < -0.4 is 22.1 Å². The predicted molar refractivity (Wildman–Crippen MR) is 132 cm³/mol. The number of carboxylic acids is 1. The van der Waals surface area contributed by atoms with E-state index >= 15 is 0 Å². The van der Waals surface area contributed by atoms with Gasteiger partial charge in [0.05, 0.1) is 17.9 Å². The minimum Gasteiger partial charge on any atom is -0.481 e. The van der Waals surface area contributed by atoms with Crippen molar-refractivity contribution in [3.63, 3.8) is 0 Å². The van der Waals surface area contributed by atoms with E-state index in [-0.39, 0.29) is 44.0 Å². The van der Waals surface area contributed by atoms with E-state index in [2.05, 4.69) is 15.6 Å². The maximum absolute atomic E-state index is 13.4. The minimum atomic E-state index is -1.08. The molecule has 1 heterocycles. The van der Waals surface area contributed by atoms with Crippen molar-refractivity contribution < 1.29 is 33.9 Å². The standard InChI is InChI=1S/C24H39N5O7/c1-13(2)8-15(23(35)36)10-16(31)11-17(18-6-7-27-24(26)29-18)22(34)28-19(4-5-21(25)33)20(32)9-14(3)12-30/h12-15,17-19H,4-11H2,1-3H3,(H2,25,33)(H,28,34)(H,35,36)(H3,26,27,29)/t14-,15-,17+,18+,19+/m1/s1. The summed E-state index contributed by atoms with van der Waals surface area (Å²) in [6.45, 7) is 5.61. The van der Waals surface area contributed by atoms with Gasteiger partial charge in [0.15, 0.2) is 11.7 Å². The van der Waals surface area contributed by atoms with E-state index in [1.165, 1.54) is 0 Å². The number of hydrogen-bond donors (Lipinski definition) is 5. The van der Waals surface area contributed by atoms with Crippen molar-refractivity contribution in [2.45, 2.75) is 77.8 Å². The summed E-state index contributed by atoms with van der Waals surface area (Å²) in [6, 6.07) is -1.65. The van der Waals surface area contributed by atoms with E-state index in [1.807, 2.05) is 13.8 Å². The highest BCUT2D eigenvalue weighted by Crippen LogP contribution is 2.22. The number of rotatable bonds is 17. The van der Waals surface area contributed by atoms with Crippen LogP contribution in [0.5, 0.6) is 0 Å². The molecule has 0 aromatic carbocycles. The van der Waals surface area contributed by atoms with Crippen LogP contribution in [0.4, 0.5) is 0 Å². The molecule has 0 saturated heterocycles. The average Bonchev–Trinajstić information content (AvgIpc) is 2.78. The van der Waals surface area contributed by atoms with E-state index in [0.717, 1.165) is 0 Å². The molecule has 0 bridgehead atoms. The van der Waals surface area contributed by atoms with Crippen molar-refractivity contribution in [3.8, 4) is 0 Å². The molecule has 0 saturated carbocycles. The number of carboxylic acid groups (broad SMARTS) is 1. The molecule has 2 amide bonds. The van der Waals surface area contributed by atoms with Crippen LogP contribution in [0.2, 0.25) is 0 Å². The summed E-state index contributed by atoms with van der Waals surface area (Å²) in [5, 5.41) is 15.0. The molecule has 1 aliphatic heterocycles. The van der Waals surface area contributed by atoms with Crippen molar-refractivity contribution in [1.29, 1.82) is 0 Å². The number of guanidine groups is 1. The lowest BCUT2D eigenvalue weighted by atomic mass is 9.85. The number of hydrogen-bond acceptors (Lipinski definition) is 9. The maximum Gasteiger partial charge on any atom is 0.306 e. The molecule has 0 spiro atoms. The lowest BCUT2D eigenvalue weighted by molar-refractivity contribution is -0.144. The summed E-state index contributed by atoms with van der Waals surface area (Å²) >= 11 is 0. The van der Waals surface area contributed by atoms with E-state index in [4.69, 9.17) is 11.5 Å². The fourth-order valence-electron chi connectivity index (χ4n) is 4.18. The molecule has 1 rings (SSSR count). The largest absolute Gasteiger partial charge is 0.481 e. The number of amides is 2. The summed E-state index contributed by atoms with van der Waals surface area (Å²) in [5.41, 5.74) is 11.0. The van der Waals surface area contributed by atoms with Gasteiger partial charge in [-0.2, -0.15) is 0 Å². The van der Waals surface area contributed by atoms with Gasteiger partial charge in [-0.1, -0.05) is 20.8 Å². The van der Waals surface area contributed by atoms with E-state index in [0.29, 0.717) is 25.7 Å². The van der Waals surface area contributed by atoms with E-state index in [9.17, 15) is 33.9 Å². The van der Waals surface area contributed by atoms with Gasteiger partial charge >= 0.3 is 5.97 Å². The number of aldehydes is 1. The first-order valence-electron chi connectivity index (χ1n) is 12.2. The molecule has 0 aromatic rings. The molecule has 0 radical (unpaired) electrons. The van der Waals surface area contributed by atoms with Gasteiger partial charge in [-0.25, -0.2) is 0 Å². The minimum absolute atomic E-state index is 0.0523. The lowest BCUT2D eigenvalue weighted by Crippen LogP contribution is -2.54. The van der Waals surface area contributed by atoms with Crippen LogP contribution in [0.15, 0.2) is 4.99 Å². The second-order valence-electron chi connectivity index (χ2n) is 9.87. The van der Waals surface area contributed by atoms with Gasteiger partial charge in [0, 0.05) is 44.2 Å². The Bertz CT molecular complexity index is 858. The molecular formula is C24H39N5O7. The van der Waals surface area contributed by atoms with E-state index < -0.39 is 59.2 Å². The smallest absolute Gasteiger partial charge is 0.306 e. The van der Waals surface area contributed by atoms with Gasteiger partial charge in [0.25, 0.3) is 0 Å². The number of aliphatic imine (C=N–C) groups is 1. The first-order chi connectivity index (χ1) is 16.8. The summed E-state index contributed by atoms with van der Waals surface area (Å²) < 4.78 is 0. The molecule has 12 heteroatoms. The Morgan fingerprint density at radius 1 is 1.17 bits per heavy atom. The number of nitrogens with one attached hydrogen (secondary N) is 2. The number of nitrogens with zero attached hydrogens (tertiary/aromatic N) is 1. The molecule has 0 fully saturated rings. The van der Waals surface area contributed by atoms with Gasteiger partial charge in [-0.15, -0.1) is 0 Å². The summed E-state index contributed by atoms with van der Waals surface area (Å²) in [4.78, 5) is 77.0. The summed E-state index contributed by atoms with van der Waals surface area (Å²) in [5.74, 6) is -5.42. The molecule has 0 aromatic heterocycles. The zero-order chi connectivity index (χ0) is 27.4. The molecule has 0 unspecified atom stereocenters.